The summed E-state index contributed by atoms with van der Waals surface area (Å²) in [5, 5.41) is 9.50. The average molecular weight is 224 g/mol. The van der Waals surface area contributed by atoms with Gasteiger partial charge in [0.25, 0.3) is 0 Å². The van der Waals surface area contributed by atoms with E-state index in [1.807, 2.05) is 0 Å². The van der Waals surface area contributed by atoms with Gasteiger partial charge in [-0.05, 0) is 12.1 Å². The number of methoxy groups -OCH3 is 1. The lowest BCUT2D eigenvalue weighted by Gasteiger charge is -2.11. The molecule has 0 amide bonds. The highest BCUT2D eigenvalue weighted by molar-refractivity contribution is 5.92. The van der Waals surface area contributed by atoms with Crippen molar-refractivity contribution in [3.8, 4) is 5.75 Å². The molecular weight excluding hydrogens is 212 g/mol. The number of esters is 1. The average Bonchev–Trinajstić information content (AvgIpc) is 2.82. The molecule has 0 saturated carbocycles. The number of phenols is 1. The van der Waals surface area contributed by atoms with Gasteiger partial charge in [0, 0.05) is 5.56 Å². The summed E-state index contributed by atoms with van der Waals surface area (Å²) in [6.07, 6.45) is -0.469. The SMILES string of the molecule is COC(=O)c1cc(C2OCCO2)ccc1O. The van der Waals surface area contributed by atoms with Crippen LogP contribution in [0, 0.1) is 0 Å². The van der Waals surface area contributed by atoms with Gasteiger partial charge in [-0.1, -0.05) is 6.07 Å². The number of hydrogen-bond acceptors (Lipinski definition) is 5. The number of benzene rings is 1. The summed E-state index contributed by atoms with van der Waals surface area (Å²) in [6, 6.07) is 4.58. The summed E-state index contributed by atoms with van der Waals surface area (Å²) < 4.78 is 15.1. The fourth-order valence-corrected chi connectivity index (χ4v) is 1.52. The van der Waals surface area contributed by atoms with E-state index in [0.29, 0.717) is 18.8 Å². The Bertz CT molecular complexity index is 395. The summed E-state index contributed by atoms with van der Waals surface area (Å²) >= 11 is 0. The van der Waals surface area contributed by atoms with Crippen molar-refractivity contribution in [2.45, 2.75) is 6.29 Å². The third kappa shape index (κ3) is 2.00. The van der Waals surface area contributed by atoms with Crippen LogP contribution >= 0.6 is 0 Å². The molecule has 0 atom stereocenters. The second-order valence-electron chi connectivity index (χ2n) is 3.34. The third-order valence-corrected chi connectivity index (χ3v) is 2.32. The van der Waals surface area contributed by atoms with Gasteiger partial charge in [0.05, 0.1) is 20.3 Å². The quantitative estimate of drug-likeness (QED) is 0.765. The van der Waals surface area contributed by atoms with Gasteiger partial charge in [0.2, 0.25) is 0 Å². The van der Waals surface area contributed by atoms with Gasteiger partial charge in [0.15, 0.2) is 6.29 Å². The monoisotopic (exact) mass is 224 g/mol. The van der Waals surface area contributed by atoms with Crippen molar-refractivity contribution in [3.63, 3.8) is 0 Å². The Balaban J connectivity index is 2.30. The Morgan fingerprint density at radius 1 is 1.44 bits per heavy atom. The molecule has 1 aliphatic rings. The molecule has 1 aliphatic heterocycles. The molecule has 1 aromatic rings. The largest absolute Gasteiger partial charge is 0.507 e. The number of carbonyl (C=O) groups is 1. The number of ether oxygens (including phenoxy) is 3. The molecule has 1 fully saturated rings. The predicted octanol–water partition coefficient (Wildman–Crippen LogP) is 1.22. The molecule has 2 rings (SSSR count). The van der Waals surface area contributed by atoms with E-state index in [-0.39, 0.29) is 11.3 Å². The van der Waals surface area contributed by atoms with Crippen LogP contribution in [0.3, 0.4) is 0 Å². The highest BCUT2D eigenvalue weighted by atomic mass is 16.7. The van der Waals surface area contributed by atoms with Gasteiger partial charge in [-0.15, -0.1) is 0 Å². The summed E-state index contributed by atoms with van der Waals surface area (Å²) in [7, 11) is 1.26. The molecule has 16 heavy (non-hydrogen) atoms. The molecular formula is C11H12O5. The lowest BCUT2D eigenvalue weighted by molar-refractivity contribution is -0.0441. The summed E-state index contributed by atoms with van der Waals surface area (Å²) in [4.78, 5) is 11.3. The molecule has 86 valence electrons. The second kappa shape index (κ2) is 4.51. The van der Waals surface area contributed by atoms with Crippen LogP contribution in [0.5, 0.6) is 5.75 Å². The Morgan fingerprint density at radius 3 is 2.75 bits per heavy atom. The maximum atomic E-state index is 11.3. The van der Waals surface area contributed by atoms with Gasteiger partial charge in [0.1, 0.15) is 11.3 Å². The van der Waals surface area contributed by atoms with Crippen LogP contribution in [-0.2, 0) is 14.2 Å². The van der Waals surface area contributed by atoms with Crippen molar-refractivity contribution in [1.29, 1.82) is 0 Å². The molecule has 0 spiro atoms. The fourth-order valence-electron chi connectivity index (χ4n) is 1.52. The van der Waals surface area contributed by atoms with Gasteiger partial charge in [-0.3, -0.25) is 0 Å². The Morgan fingerprint density at radius 2 is 2.12 bits per heavy atom. The molecule has 1 heterocycles. The first kappa shape index (κ1) is 10.9. The summed E-state index contributed by atoms with van der Waals surface area (Å²) in [6.45, 7) is 1.05. The highest BCUT2D eigenvalue weighted by Gasteiger charge is 2.21. The third-order valence-electron chi connectivity index (χ3n) is 2.32. The highest BCUT2D eigenvalue weighted by Crippen LogP contribution is 2.27. The van der Waals surface area contributed by atoms with E-state index in [0.717, 1.165) is 0 Å². The van der Waals surface area contributed by atoms with Crippen LogP contribution in [0.25, 0.3) is 0 Å². The molecule has 1 saturated heterocycles. The van der Waals surface area contributed by atoms with Crippen LogP contribution in [0.2, 0.25) is 0 Å². The van der Waals surface area contributed by atoms with Crippen LogP contribution in [0.15, 0.2) is 18.2 Å². The van der Waals surface area contributed by atoms with E-state index >= 15 is 0 Å². The minimum atomic E-state index is -0.586. The zero-order chi connectivity index (χ0) is 11.5. The molecule has 0 radical (unpaired) electrons. The van der Waals surface area contributed by atoms with Crippen LogP contribution in [0.4, 0.5) is 0 Å². The van der Waals surface area contributed by atoms with Crippen LogP contribution < -0.4 is 0 Å². The number of aromatic hydroxyl groups is 1. The van der Waals surface area contributed by atoms with Crippen molar-refractivity contribution in [2.75, 3.05) is 20.3 Å². The van der Waals surface area contributed by atoms with Gasteiger partial charge in [-0.2, -0.15) is 0 Å². The van der Waals surface area contributed by atoms with Crippen molar-refractivity contribution in [2.24, 2.45) is 0 Å². The van der Waals surface area contributed by atoms with Gasteiger partial charge >= 0.3 is 5.97 Å². The molecule has 5 heteroatoms. The first-order valence-corrected chi connectivity index (χ1v) is 4.87. The first-order valence-electron chi connectivity index (χ1n) is 4.87. The zero-order valence-electron chi connectivity index (χ0n) is 8.80. The minimum Gasteiger partial charge on any atom is -0.507 e. The second-order valence-corrected chi connectivity index (χ2v) is 3.34. The lowest BCUT2D eigenvalue weighted by atomic mass is 10.1. The fraction of sp³-hybridized carbons (Fsp3) is 0.364. The number of hydrogen-bond donors (Lipinski definition) is 1. The Hall–Kier alpha value is -1.59. The van der Waals surface area contributed by atoms with E-state index in [2.05, 4.69) is 4.74 Å². The standard InChI is InChI=1S/C11H12O5/c1-14-10(13)8-6-7(2-3-9(8)12)11-15-4-5-16-11/h2-3,6,11-12H,4-5H2,1H3. The number of carbonyl (C=O) groups excluding carboxylic acids is 1. The summed E-state index contributed by atoms with van der Waals surface area (Å²) in [5.41, 5.74) is 0.801. The van der Waals surface area contributed by atoms with Crippen LogP contribution in [-0.4, -0.2) is 31.4 Å². The Labute approximate surface area is 92.5 Å². The molecule has 0 aromatic heterocycles. The predicted molar refractivity (Wildman–Crippen MR) is 54.1 cm³/mol. The smallest absolute Gasteiger partial charge is 0.341 e. The van der Waals surface area contributed by atoms with Crippen molar-refractivity contribution < 1.29 is 24.1 Å². The topological polar surface area (TPSA) is 65.0 Å². The Kier molecular flexibility index (Phi) is 3.07. The normalized spacial score (nSPS) is 16.3. The summed E-state index contributed by atoms with van der Waals surface area (Å²) in [5.74, 6) is -0.703. The van der Waals surface area contributed by atoms with Crippen LogP contribution in [0.1, 0.15) is 22.2 Å². The van der Waals surface area contributed by atoms with E-state index < -0.39 is 12.3 Å². The maximum Gasteiger partial charge on any atom is 0.341 e. The molecule has 1 N–H and O–H groups in total. The number of phenolic OH excluding ortho intramolecular Hbond substituents is 1. The minimum absolute atomic E-state index is 0.110. The maximum absolute atomic E-state index is 11.3. The van der Waals surface area contributed by atoms with Crippen molar-refractivity contribution >= 4 is 5.97 Å². The molecule has 0 unspecified atom stereocenters. The van der Waals surface area contributed by atoms with Gasteiger partial charge < -0.3 is 19.3 Å². The molecule has 1 aromatic carbocycles. The van der Waals surface area contributed by atoms with Crippen molar-refractivity contribution in [3.05, 3.63) is 29.3 Å². The van der Waals surface area contributed by atoms with Crippen molar-refractivity contribution in [1.82, 2.24) is 0 Å². The lowest BCUT2D eigenvalue weighted by Crippen LogP contribution is -2.05. The molecule has 0 aliphatic carbocycles. The first-order chi connectivity index (χ1) is 7.72. The zero-order valence-corrected chi connectivity index (χ0v) is 8.80. The number of rotatable bonds is 2. The molecule has 5 nitrogen and oxygen atoms in total. The van der Waals surface area contributed by atoms with E-state index in [1.165, 1.54) is 19.2 Å². The van der Waals surface area contributed by atoms with E-state index in [1.54, 1.807) is 6.07 Å². The van der Waals surface area contributed by atoms with E-state index in [4.69, 9.17) is 9.47 Å². The van der Waals surface area contributed by atoms with Gasteiger partial charge in [-0.25, -0.2) is 4.79 Å². The van der Waals surface area contributed by atoms with E-state index in [9.17, 15) is 9.90 Å². The molecule has 0 bridgehead atoms.